The molecule has 4 N–H and O–H groups in total. The quantitative estimate of drug-likeness (QED) is 0.0632. The van der Waals surface area contributed by atoms with Crippen LogP contribution in [0.15, 0.2) is 72.4 Å². The molecule has 7 nitrogen and oxygen atoms in total. The summed E-state index contributed by atoms with van der Waals surface area (Å²) >= 11 is 6.74. The molecule has 0 bridgehead atoms. The van der Waals surface area contributed by atoms with Gasteiger partial charge in [-0.3, -0.25) is 4.98 Å². The van der Waals surface area contributed by atoms with Crippen LogP contribution in [0.25, 0.3) is 10.9 Å². The molecule has 46 heavy (non-hydrogen) atoms. The van der Waals surface area contributed by atoms with Gasteiger partial charge in [-0.25, -0.2) is 9.99 Å². The summed E-state index contributed by atoms with van der Waals surface area (Å²) in [6.45, 7) is 3.56. The van der Waals surface area contributed by atoms with Crippen LogP contribution in [0.1, 0.15) is 60.7 Å². The van der Waals surface area contributed by atoms with Gasteiger partial charge in [0.25, 0.3) is 0 Å². The predicted molar refractivity (Wildman–Crippen MR) is 167 cm³/mol. The van der Waals surface area contributed by atoms with Crippen LogP contribution in [0.5, 0.6) is 0 Å². The molecule has 6 rings (SSSR count). The summed E-state index contributed by atoms with van der Waals surface area (Å²) < 4.78 is 71.8. The number of hydrazine groups is 2. The van der Waals surface area contributed by atoms with E-state index in [-0.39, 0.29) is 35.3 Å². The smallest absolute Gasteiger partial charge is 0.377 e. The lowest BCUT2D eigenvalue weighted by molar-refractivity contribution is -0.201. The highest BCUT2D eigenvalue weighted by atomic mass is 35.5. The van der Waals surface area contributed by atoms with E-state index in [1.807, 2.05) is 37.3 Å². The van der Waals surface area contributed by atoms with E-state index in [1.54, 1.807) is 18.3 Å². The summed E-state index contributed by atoms with van der Waals surface area (Å²) in [4.78, 5) is 8.34. The number of hydrogen-bond donors (Lipinski definition) is 4. The summed E-state index contributed by atoms with van der Waals surface area (Å²) in [5.41, 5.74) is 5.77. The minimum absolute atomic E-state index is 0.114. The molecule has 0 radical (unpaired) electrons. The number of anilines is 2. The standard InChI is InChI=1S/C33H29ClF5N7/c1-4-19-17-40-28-23(27(19)43-25(5-2)20-9-7-6-8-10-20)15-21(16-24(28)34)42-29(22-11-12-26(35)41-18(22)3)30-31(36)46(45-44-30)32(13-14-32)33(37,38)39/h1,6-12,15-17,25,29,42,44-45H,5,13-14H2,2-3H3,(H,40,43)/t25-,29+/m1/s1. The van der Waals surface area contributed by atoms with Gasteiger partial charge in [-0.2, -0.15) is 22.0 Å². The van der Waals surface area contributed by atoms with E-state index in [1.165, 1.54) is 13.0 Å². The molecule has 0 spiro atoms. The lowest BCUT2D eigenvalue weighted by atomic mass is 10.0. The number of nitrogens with one attached hydrogen (secondary N) is 4. The molecule has 0 amide bonds. The number of hydrogen-bond acceptors (Lipinski definition) is 7. The van der Waals surface area contributed by atoms with Crippen molar-refractivity contribution in [1.82, 2.24) is 25.9 Å². The Morgan fingerprint density at radius 1 is 1.11 bits per heavy atom. The molecule has 2 aliphatic rings. The number of rotatable bonds is 9. The predicted octanol–water partition coefficient (Wildman–Crippen LogP) is 7.99. The topological polar surface area (TPSA) is 77.1 Å². The summed E-state index contributed by atoms with van der Waals surface area (Å²) in [5, 5.41) is 8.01. The molecule has 238 valence electrons. The van der Waals surface area contributed by atoms with Crippen molar-refractivity contribution in [3.8, 4) is 12.3 Å². The third kappa shape index (κ3) is 5.54. The highest BCUT2D eigenvalue weighted by Gasteiger charge is 2.69. The van der Waals surface area contributed by atoms with Crippen LogP contribution in [0.4, 0.5) is 33.3 Å². The molecule has 3 heterocycles. The number of benzene rings is 2. The van der Waals surface area contributed by atoms with Crippen LogP contribution in [-0.2, 0) is 0 Å². The Balaban J connectivity index is 1.45. The molecule has 1 aliphatic heterocycles. The Bertz CT molecular complexity index is 1870. The van der Waals surface area contributed by atoms with Gasteiger partial charge in [0, 0.05) is 28.5 Å². The zero-order valence-corrected chi connectivity index (χ0v) is 25.5. The van der Waals surface area contributed by atoms with E-state index in [0.717, 1.165) is 18.1 Å². The third-order valence-electron chi connectivity index (χ3n) is 8.41. The van der Waals surface area contributed by atoms with Gasteiger partial charge in [-0.05, 0) is 49.9 Å². The molecular weight excluding hydrogens is 625 g/mol. The van der Waals surface area contributed by atoms with Crippen LogP contribution in [0, 0.1) is 25.2 Å². The number of alkyl halides is 3. The monoisotopic (exact) mass is 653 g/mol. The summed E-state index contributed by atoms with van der Waals surface area (Å²) in [5.74, 6) is 0.752. The first-order valence-electron chi connectivity index (χ1n) is 14.6. The first-order valence-corrected chi connectivity index (χ1v) is 14.9. The molecule has 4 aromatic rings. The van der Waals surface area contributed by atoms with Crippen molar-refractivity contribution in [2.75, 3.05) is 10.6 Å². The van der Waals surface area contributed by atoms with Crippen molar-refractivity contribution in [3.05, 3.63) is 106 Å². The van der Waals surface area contributed by atoms with Crippen molar-refractivity contribution in [2.45, 2.75) is 56.9 Å². The minimum atomic E-state index is -4.68. The average molecular weight is 654 g/mol. The Hall–Kier alpha value is -4.60. The highest BCUT2D eigenvalue weighted by molar-refractivity contribution is 6.35. The van der Waals surface area contributed by atoms with E-state index >= 15 is 4.39 Å². The fourth-order valence-electron chi connectivity index (χ4n) is 5.78. The maximum atomic E-state index is 16.0. The van der Waals surface area contributed by atoms with Crippen molar-refractivity contribution < 1.29 is 22.0 Å². The zero-order valence-electron chi connectivity index (χ0n) is 24.7. The first-order chi connectivity index (χ1) is 22.0. The first kappa shape index (κ1) is 31.4. The van der Waals surface area contributed by atoms with Gasteiger partial charge in [-0.15, -0.1) is 12.0 Å². The SMILES string of the molecule is C#Cc1cnc2c(Cl)cc(N[C@H](C3=C(F)N(C4(C(F)(F)F)CC4)NN3)c3ccc(F)nc3C)cc2c1N[C@H](CC)c1ccccc1. The summed E-state index contributed by atoms with van der Waals surface area (Å²) in [7, 11) is 0. The second kappa shape index (κ2) is 12.0. The number of aryl methyl sites for hydroxylation is 1. The Kier molecular flexibility index (Phi) is 8.16. The van der Waals surface area contributed by atoms with E-state index in [0.29, 0.717) is 38.4 Å². The third-order valence-corrected chi connectivity index (χ3v) is 8.70. The number of fused-ring (bicyclic) bond motifs is 1. The number of halogens is 6. The normalized spacial score (nSPS) is 17.0. The highest BCUT2D eigenvalue weighted by Crippen LogP contribution is 2.55. The van der Waals surface area contributed by atoms with E-state index in [4.69, 9.17) is 18.0 Å². The van der Waals surface area contributed by atoms with E-state index < -0.39 is 29.7 Å². The Morgan fingerprint density at radius 3 is 2.48 bits per heavy atom. The van der Waals surface area contributed by atoms with Crippen molar-refractivity contribution in [1.29, 1.82) is 0 Å². The second-order valence-electron chi connectivity index (χ2n) is 11.3. The fourth-order valence-corrected chi connectivity index (χ4v) is 6.05. The molecule has 1 saturated carbocycles. The number of nitrogens with zero attached hydrogens (tertiary/aromatic N) is 3. The van der Waals surface area contributed by atoms with Crippen molar-refractivity contribution in [2.24, 2.45) is 0 Å². The summed E-state index contributed by atoms with van der Waals surface area (Å²) in [6.07, 6.45) is 2.92. The molecule has 0 unspecified atom stereocenters. The molecular formula is C33H29ClF5N7. The van der Waals surface area contributed by atoms with Crippen LogP contribution in [0.3, 0.4) is 0 Å². The van der Waals surface area contributed by atoms with Crippen LogP contribution in [0.2, 0.25) is 5.02 Å². The molecule has 2 aromatic carbocycles. The molecule has 2 aromatic heterocycles. The lowest BCUT2D eigenvalue weighted by Gasteiger charge is -2.29. The fraction of sp³-hybridized carbons (Fsp3) is 0.273. The van der Waals surface area contributed by atoms with Gasteiger partial charge in [0.2, 0.25) is 11.9 Å². The summed E-state index contributed by atoms with van der Waals surface area (Å²) in [6, 6.07) is 14.4. The minimum Gasteiger partial charge on any atom is -0.377 e. The molecule has 2 atom stereocenters. The maximum Gasteiger partial charge on any atom is 0.413 e. The van der Waals surface area contributed by atoms with E-state index in [2.05, 4.69) is 37.5 Å². The van der Waals surface area contributed by atoms with Crippen molar-refractivity contribution in [3.63, 3.8) is 0 Å². The van der Waals surface area contributed by atoms with Gasteiger partial charge < -0.3 is 16.1 Å². The van der Waals surface area contributed by atoms with Crippen LogP contribution in [-0.4, -0.2) is 26.7 Å². The van der Waals surface area contributed by atoms with Crippen molar-refractivity contribution >= 4 is 33.9 Å². The average Bonchev–Trinajstić information content (AvgIpc) is 3.76. The number of aromatic nitrogens is 2. The Morgan fingerprint density at radius 2 is 1.85 bits per heavy atom. The zero-order chi connectivity index (χ0) is 32.8. The van der Waals surface area contributed by atoms with Gasteiger partial charge >= 0.3 is 6.18 Å². The molecule has 13 heteroatoms. The molecule has 1 fully saturated rings. The van der Waals surface area contributed by atoms with Crippen LogP contribution < -0.4 is 21.6 Å². The van der Waals surface area contributed by atoms with Gasteiger partial charge in [0.05, 0.1) is 33.9 Å². The van der Waals surface area contributed by atoms with E-state index in [9.17, 15) is 17.6 Å². The van der Waals surface area contributed by atoms with Gasteiger partial charge in [0.1, 0.15) is 5.70 Å². The van der Waals surface area contributed by atoms with Gasteiger partial charge in [-0.1, -0.05) is 60.8 Å². The Labute approximate surface area is 267 Å². The van der Waals surface area contributed by atoms with Crippen LogP contribution >= 0.6 is 11.6 Å². The molecule has 1 aliphatic carbocycles. The van der Waals surface area contributed by atoms with Gasteiger partial charge in [0.15, 0.2) is 5.54 Å². The number of terminal acetylenes is 1. The second-order valence-corrected chi connectivity index (χ2v) is 11.7. The molecule has 0 saturated heterocycles. The maximum absolute atomic E-state index is 16.0. The number of pyridine rings is 2. The largest absolute Gasteiger partial charge is 0.413 e. The lowest BCUT2D eigenvalue weighted by Crippen LogP contribution is -2.53.